The Morgan fingerprint density at radius 2 is 1.89 bits per heavy atom. The smallest absolute Gasteiger partial charge is 0.324 e. The molecule has 1 heterocycles. The number of benzene rings is 2. The summed E-state index contributed by atoms with van der Waals surface area (Å²) in [6.45, 7) is 0. The van der Waals surface area contributed by atoms with Crippen molar-refractivity contribution >= 4 is 17.3 Å². The molecule has 1 aromatic heterocycles. The highest BCUT2D eigenvalue weighted by atomic mass is 19.4. The quantitative estimate of drug-likeness (QED) is 0.527. The Labute approximate surface area is 156 Å². The highest BCUT2D eigenvalue weighted by Gasteiger charge is 2.31. The molecule has 1 amide bonds. The van der Waals surface area contributed by atoms with Gasteiger partial charge in [0.25, 0.3) is 5.69 Å². The molecule has 144 valence electrons. The number of nitro groups is 1. The number of amides is 1. The summed E-state index contributed by atoms with van der Waals surface area (Å²) in [6, 6.07) is 9.89. The van der Waals surface area contributed by atoms with Gasteiger partial charge in [0.2, 0.25) is 5.91 Å². The fourth-order valence-corrected chi connectivity index (χ4v) is 2.54. The number of nitrogens with one attached hydrogen (secondary N) is 1. The van der Waals surface area contributed by atoms with Gasteiger partial charge in [0.15, 0.2) is 0 Å². The predicted octanol–water partition coefficient (Wildman–Crippen LogP) is 3.98. The first-order valence-corrected chi connectivity index (χ1v) is 7.98. The zero-order valence-electron chi connectivity index (χ0n) is 14.2. The van der Waals surface area contributed by atoms with Crippen LogP contribution in [-0.4, -0.2) is 20.6 Å². The maximum atomic E-state index is 13.0. The van der Waals surface area contributed by atoms with Crippen LogP contribution in [0.3, 0.4) is 0 Å². The van der Waals surface area contributed by atoms with Gasteiger partial charge in [-0.25, -0.2) is 4.68 Å². The van der Waals surface area contributed by atoms with Crippen molar-refractivity contribution in [1.82, 2.24) is 9.78 Å². The lowest BCUT2D eigenvalue weighted by Gasteiger charge is -2.14. The Morgan fingerprint density at radius 3 is 2.46 bits per heavy atom. The summed E-state index contributed by atoms with van der Waals surface area (Å²) in [5.74, 6) is -0.568. The van der Waals surface area contributed by atoms with Crippen molar-refractivity contribution in [3.05, 3.63) is 82.2 Å². The van der Waals surface area contributed by atoms with Crippen LogP contribution in [0.2, 0.25) is 0 Å². The van der Waals surface area contributed by atoms with Gasteiger partial charge in [-0.15, -0.1) is 0 Å². The number of non-ortho nitro benzene ring substituents is 1. The van der Waals surface area contributed by atoms with Crippen LogP contribution in [0.4, 0.5) is 24.5 Å². The molecule has 0 saturated heterocycles. The molecular weight excluding hydrogens is 377 g/mol. The zero-order valence-corrected chi connectivity index (χ0v) is 14.2. The molecule has 2 aromatic carbocycles. The fourth-order valence-electron chi connectivity index (χ4n) is 2.54. The second-order valence-corrected chi connectivity index (χ2v) is 5.83. The van der Waals surface area contributed by atoms with Crippen molar-refractivity contribution in [3.63, 3.8) is 0 Å². The lowest BCUT2D eigenvalue weighted by molar-refractivity contribution is -0.384. The van der Waals surface area contributed by atoms with Crippen LogP contribution in [0, 0.1) is 10.1 Å². The number of nitrogens with zero attached hydrogens (tertiary/aromatic N) is 3. The van der Waals surface area contributed by atoms with Gasteiger partial charge in [-0.05, 0) is 29.8 Å². The lowest BCUT2D eigenvalue weighted by Crippen LogP contribution is -2.17. The molecule has 0 radical (unpaired) electrons. The lowest BCUT2D eigenvalue weighted by atomic mass is 10.1. The van der Waals surface area contributed by atoms with Crippen LogP contribution < -0.4 is 5.32 Å². The average Bonchev–Trinajstić information content (AvgIpc) is 3.15. The molecule has 0 spiro atoms. The van der Waals surface area contributed by atoms with Crippen LogP contribution in [0.5, 0.6) is 0 Å². The van der Waals surface area contributed by atoms with E-state index in [1.54, 1.807) is 6.07 Å². The normalized spacial score (nSPS) is 11.2. The summed E-state index contributed by atoms with van der Waals surface area (Å²) in [5.41, 5.74) is -0.326. The van der Waals surface area contributed by atoms with Gasteiger partial charge in [0.05, 0.1) is 28.3 Å². The molecule has 0 saturated carbocycles. The summed E-state index contributed by atoms with van der Waals surface area (Å²) in [7, 11) is 0. The van der Waals surface area contributed by atoms with Gasteiger partial charge in [0, 0.05) is 24.5 Å². The Morgan fingerprint density at radius 1 is 1.18 bits per heavy atom. The number of hydrogen-bond acceptors (Lipinski definition) is 4. The second-order valence-electron chi connectivity index (χ2n) is 5.83. The first kappa shape index (κ1) is 19.1. The Bertz CT molecular complexity index is 1000. The first-order valence-electron chi connectivity index (χ1n) is 7.98. The molecule has 3 rings (SSSR count). The van der Waals surface area contributed by atoms with E-state index in [2.05, 4.69) is 10.4 Å². The maximum Gasteiger partial charge on any atom is 0.416 e. The van der Waals surface area contributed by atoms with Crippen LogP contribution in [0.15, 0.2) is 60.9 Å². The Hall–Kier alpha value is -3.69. The van der Waals surface area contributed by atoms with E-state index in [0.29, 0.717) is 5.56 Å². The van der Waals surface area contributed by atoms with Gasteiger partial charge in [-0.3, -0.25) is 14.9 Å². The van der Waals surface area contributed by atoms with Crippen molar-refractivity contribution in [3.8, 4) is 5.69 Å². The van der Waals surface area contributed by atoms with Crippen LogP contribution >= 0.6 is 0 Å². The van der Waals surface area contributed by atoms with Crippen LogP contribution in [-0.2, 0) is 17.4 Å². The van der Waals surface area contributed by atoms with E-state index in [-0.39, 0.29) is 23.5 Å². The highest BCUT2D eigenvalue weighted by Crippen LogP contribution is 2.33. The van der Waals surface area contributed by atoms with E-state index in [0.717, 1.165) is 12.1 Å². The van der Waals surface area contributed by atoms with Gasteiger partial charge in [-0.1, -0.05) is 12.1 Å². The summed E-state index contributed by atoms with van der Waals surface area (Å²) < 4.78 is 40.5. The minimum atomic E-state index is -4.57. The summed E-state index contributed by atoms with van der Waals surface area (Å²) in [6.07, 6.45) is -1.73. The standard InChI is InChI=1S/C18H13F3N4O3/c19-18(20,21)13-4-7-16(24-9-1-8-22-24)15(11-13)23-17(26)10-12-2-5-14(6-3-12)25(27)28/h1-9,11H,10H2,(H,23,26). The molecule has 0 fully saturated rings. The number of carbonyl (C=O) groups excluding carboxylic acids is 1. The van der Waals surface area contributed by atoms with Crippen LogP contribution in [0.1, 0.15) is 11.1 Å². The molecule has 0 aliphatic carbocycles. The minimum Gasteiger partial charge on any atom is -0.324 e. The topological polar surface area (TPSA) is 90.1 Å². The minimum absolute atomic E-state index is 0.0505. The van der Waals surface area contributed by atoms with E-state index < -0.39 is 22.6 Å². The number of hydrogen-bond donors (Lipinski definition) is 1. The van der Waals surface area contributed by atoms with E-state index in [1.807, 2.05) is 0 Å². The van der Waals surface area contributed by atoms with Crippen LogP contribution in [0.25, 0.3) is 5.69 Å². The van der Waals surface area contributed by atoms with E-state index in [4.69, 9.17) is 0 Å². The average molecular weight is 390 g/mol. The van der Waals surface area contributed by atoms with Crippen molar-refractivity contribution < 1.29 is 22.9 Å². The Kier molecular flexibility index (Phi) is 5.12. The molecule has 0 bridgehead atoms. The number of anilines is 1. The number of nitro benzene ring substituents is 1. The number of alkyl halides is 3. The number of rotatable bonds is 5. The second kappa shape index (κ2) is 7.51. The third-order valence-corrected chi connectivity index (χ3v) is 3.86. The van der Waals surface area contributed by atoms with Gasteiger partial charge in [-0.2, -0.15) is 18.3 Å². The first-order chi connectivity index (χ1) is 13.2. The third-order valence-electron chi connectivity index (χ3n) is 3.86. The highest BCUT2D eigenvalue weighted by molar-refractivity contribution is 5.94. The fraction of sp³-hybridized carbons (Fsp3) is 0.111. The van der Waals surface area contributed by atoms with Gasteiger partial charge in [0.1, 0.15) is 0 Å². The largest absolute Gasteiger partial charge is 0.416 e. The van der Waals surface area contributed by atoms with Crippen molar-refractivity contribution in [2.75, 3.05) is 5.32 Å². The SMILES string of the molecule is O=C(Cc1ccc([N+](=O)[O-])cc1)Nc1cc(C(F)(F)F)ccc1-n1cccn1. The molecule has 0 unspecified atom stereocenters. The molecule has 10 heteroatoms. The molecule has 0 aliphatic rings. The van der Waals surface area contributed by atoms with E-state index in [9.17, 15) is 28.1 Å². The number of halogens is 3. The van der Waals surface area contributed by atoms with Crippen molar-refractivity contribution in [2.24, 2.45) is 0 Å². The monoisotopic (exact) mass is 390 g/mol. The molecule has 28 heavy (non-hydrogen) atoms. The maximum absolute atomic E-state index is 13.0. The number of aromatic nitrogens is 2. The summed E-state index contributed by atoms with van der Waals surface area (Å²) in [5, 5.41) is 17.1. The molecular formula is C18H13F3N4O3. The zero-order chi connectivity index (χ0) is 20.3. The number of carbonyl (C=O) groups is 1. The van der Waals surface area contributed by atoms with Crippen molar-refractivity contribution in [1.29, 1.82) is 0 Å². The molecule has 0 atom stereocenters. The predicted molar refractivity (Wildman–Crippen MR) is 94.0 cm³/mol. The Balaban J connectivity index is 1.85. The van der Waals surface area contributed by atoms with E-state index >= 15 is 0 Å². The molecule has 0 aliphatic heterocycles. The third kappa shape index (κ3) is 4.34. The molecule has 7 nitrogen and oxygen atoms in total. The van der Waals surface area contributed by atoms with Crippen molar-refractivity contribution in [2.45, 2.75) is 12.6 Å². The molecule has 1 N–H and O–H groups in total. The summed E-state index contributed by atoms with van der Waals surface area (Å²) in [4.78, 5) is 22.4. The van der Waals surface area contributed by atoms with Gasteiger partial charge >= 0.3 is 6.18 Å². The summed E-state index contributed by atoms with van der Waals surface area (Å²) >= 11 is 0. The van der Waals surface area contributed by atoms with E-state index in [1.165, 1.54) is 47.4 Å². The van der Waals surface area contributed by atoms with Gasteiger partial charge < -0.3 is 5.32 Å². The molecule has 3 aromatic rings.